The smallest absolute Gasteiger partial charge is 0.227 e. The van der Waals surface area contributed by atoms with Crippen molar-refractivity contribution in [2.75, 3.05) is 32.0 Å². The second kappa shape index (κ2) is 10.7. The number of fused-ring (bicyclic) bond motifs is 3. The fourth-order valence-electron chi connectivity index (χ4n) is 5.06. The van der Waals surface area contributed by atoms with Crippen LogP contribution in [-0.2, 0) is 16.0 Å². The predicted molar refractivity (Wildman–Crippen MR) is 142 cm³/mol. The van der Waals surface area contributed by atoms with Crippen LogP contribution in [0.1, 0.15) is 43.5 Å². The Labute approximate surface area is 209 Å². The van der Waals surface area contributed by atoms with Gasteiger partial charge in [0.15, 0.2) is 5.82 Å². The molecule has 1 aliphatic heterocycles. The van der Waals surface area contributed by atoms with Gasteiger partial charge in [-0.15, -0.1) is 11.3 Å². The van der Waals surface area contributed by atoms with E-state index in [9.17, 15) is 4.79 Å². The lowest BCUT2D eigenvalue weighted by atomic mass is 9.94. The number of nitrogen functional groups attached to an aromatic ring is 1. The molecule has 3 aromatic heterocycles. The molecule has 1 unspecified atom stereocenters. The van der Waals surface area contributed by atoms with Gasteiger partial charge in [0.1, 0.15) is 5.52 Å². The number of para-hydroxylation sites is 1. The highest BCUT2D eigenvalue weighted by Crippen LogP contribution is 2.30. The summed E-state index contributed by atoms with van der Waals surface area (Å²) in [5.74, 6) is 1.34. The van der Waals surface area contributed by atoms with Crippen molar-refractivity contribution in [1.82, 2.24) is 19.4 Å². The molecule has 1 aromatic carbocycles. The number of pyridine rings is 1. The number of thiophene rings is 1. The number of ether oxygens (including phenoxy) is 1. The Hall–Kier alpha value is -2.97. The molecule has 4 heterocycles. The molecule has 35 heavy (non-hydrogen) atoms. The van der Waals surface area contributed by atoms with Crippen LogP contribution in [0.2, 0.25) is 0 Å². The van der Waals surface area contributed by atoms with Crippen LogP contribution in [0, 0.1) is 5.92 Å². The highest BCUT2D eigenvalue weighted by atomic mass is 32.1. The quantitative estimate of drug-likeness (QED) is 0.331. The molecule has 8 heteroatoms. The molecule has 1 aliphatic rings. The first-order chi connectivity index (χ1) is 17.1. The summed E-state index contributed by atoms with van der Waals surface area (Å²) in [5, 5.41) is 3.09. The predicted octanol–water partition coefficient (Wildman–Crippen LogP) is 5.07. The van der Waals surface area contributed by atoms with Crippen LogP contribution in [-0.4, -0.2) is 51.6 Å². The van der Waals surface area contributed by atoms with Gasteiger partial charge >= 0.3 is 0 Å². The molecule has 1 atom stereocenters. The number of hydrogen-bond acceptors (Lipinski definition) is 6. The fraction of sp³-hybridized carbons (Fsp3) is 0.444. The summed E-state index contributed by atoms with van der Waals surface area (Å²) in [4.78, 5) is 24.8. The lowest BCUT2D eigenvalue weighted by molar-refractivity contribution is -0.131. The molecular weight excluding hydrogens is 458 g/mol. The van der Waals surface area contributed by atoms with Crippen molar-refractivity contribution in [3.8, 4) is 0 Å². The van der Waals surface area contributed by atoms with Crippen LogP contribution in [0.15, 0.2) is 48.1 Å². The number of nitrogens with zero attached hydrogens (tertiary/aromatic N) is 4. The standard InChI is InChI=1S/C27H33N5O2S/c1-2-20(32-18-29-25-26(32)22-7-3-4-8-23(22)30-27(25)28)17-34-14-11-19-9-12-31(13-10-19)24(33)16-21-6-5-15-35-21/h3-8,15,18-20H,2,9-14,16-17H2,1H3,(H2,28,30). The summed E-state index contributed by atoms with van der Waals surface area (Å²) < 4.78 is 8.38. The number of benzene rings is 1. The van der Waals surface area contributed by atoms with Gasteiger partial charge < -0.3 is 19.9 Å². The van der Waals surface area contributed by atoms with Crippen LogP contribution in [0.25, 0.3) is 21.9 Å². The first-order valence-corrected chi connectivity index (χ1v) is 13.4. The van der Waals surface area contributed by atoms with Gasteiger partial charge in [-0.1, -0.05) is 31.2 Å². The van der Waals surface area contributed by atoms with Crippen LogP contribution < -0.4 is 5.73 Å². The van der Waals surface area contributed by atoms with Crippen molar-refractivity contribution in [2.24, 2.45) is 5.92 Å². The molecule has 7 nitrogen and oxygen atoms in total. The van der Waals surface area contributed by atoms with Crippen molar-refractivity contribution in [2.45, 2.75) is 45.1 Å². The molecule has 1 saturated heterocycles. The third-order valence-electron chi connectivity index (χ3n) is 7.15. The number of carbonyl (C=O) groups is 1. The Balaban J connectivity index is 1.13. The van der Waals surface area contributed by atoms with Crippen LogP contribution in [0.3, 0.4) is 0 Å². The van der Waals surface area contributed by atoms with Gasteiger partial charge in [0.25, 0.3) is 0 Å². The van der Waals surface area contributed by atoms with E-state index in [1.807, 2.05) is 46.9 Å². The zero-order valence-electron chi connectivity index (χ0n) is 20.2. The highest BCUT2D eigenvalue weighted by molar-refractivity contribution is 7.10. The van der Waals surface area contributed by atoms with Gasteiger partial charge in [0.05, 0.1) is 36.4 Å². The number of carbonyl (C=O) groups excluding carboxylic acids is 1. The number of likely N-dealkylation sites (tertiary alicyclic amines) is 1. The average molecular weight is 492 g/mol. The molecule has 1 fully saturated rings. The number of amides is 1. The summed E-state index contributed by atoms with van der Waals surface area (Å²) in [6, 6.07) is 12.3. The maximum atomic E-state index is 12.5. The zero-order valence-corrected chi connectivity index (χ0v) is 21.0. The van der Waals surface area contributed by atoms with E-state index in [0.717, 1.165) is 72.2 Å². The fourth-order valence-corrected chi connectivity index (χ4v) is 5.75. The minimum absolute atomic E-state index is 0.182. The van der Waals surface area contributed by atoms with Crippen molar-refractivity contribution < 1.29 is 9.53 Å². The maximum absolute atomic E-state index is 12.5. The molecule has 0 radical (unpaired) electrons. The molecule has 0 aliphatic carbocycles. The summed E-state index contributed by atoms with van der Waals surface area (Å²) in [5.41, 5.74) is 8.87. The second-order valence-electron chi connectivity index (χ2n) is 9.37. The molecule has 184 valence electrons. The molecule has 0 bridgehead atoms. The SMILES string of the molecule is CCC(COCCC1CCN(C(=O)Cc2cccs2)CC1)n1cnc2c(N)nc3ccccc3c21. The van der Waals surface area contributed by atoms with E-state index in [1.165, 1.54) is 0 Å². The Morgan fingerprint density at radius 2 is 2.06 bits per heavy atom. The molecular formula is C27H33N5O2S. The summed E-state index contributed by atoms with van der Waals surface area (Å²) >= 11 is 1.65. The van der Waals surface area contributed by atoms with Crippen molar-refractivity contribution >= 4 is 45.0 Å². The molecule has 1 amide bonds. The highest BCUT2D eigenvalue weighted by Gasteiger charge is 2.23. The lowest BCUT2D eigenvalue weighted by Crippen LogP contribution is -2.39. The van der Waals surface area contributed by atoms with Gasteiger partial charge in [-0.3, -0.25) is 4.79 Å². The molecule has 4 aromatic rings. The minimum atomic E-state index is 0.182. The van der Waals surface area contributed by atoms with Crippen LogP contribution >= 0.6 is 11.3 Å². The van der Waals surface area contributed by atoms with Crippen molar-refractivity contribution in [3.63, 3.8) is 0 Å². The van der Waals surface area contributed by atoms with E-state index in [4.69, 9.17) is 10.5 Å². The number of piperidine rings is 1. The third kappa shape index (κ3) is 5.18. The first-order valence-electron chi connectivity index (χ1n) is 12.5. The number of rotatable bonds is 9. The largest absolute Gasteiger partial charge is 0.382 e. The number of anilines is 1. The molecule has 2 N–H and O–H groups in total. The van der Waals surface area contributed by atoms with Gasteiger partial charge in [-0.05, 0) is 49.1 Å². The van der Waals surface area contributed by atoms with Crippen LogP contribution in [0.5, 0.6) is 0 Å². The lowest BCUT2D eigenvalue weighted by Gasteiger charge is -2.32. The molecule has 5 rings (SSSR count). The topological polar surface area (TPSA) is 86.3 Å². The van der Waals surface area contributed by atoms with Crippen molar-refractivity contribution in [1.29, 1.82) is 0 Å². The third-order valence-corrected chi connectivity index (χ3v) is 8.03. The van der Waals surface area contributed by atoms with E-state index in [0.29, 0.717) is 24.8 Å². The monoisotopic (exact) mass is 491 g/mol. The first kappa shape index (κ1) is 23.8. The van der Waals surface area contributed by atoms with E-state index < -0.39 is 0 Å². The van der Waals surface area contributed by atoms with Gasteiger partial charge in [-0.25, -0.2) is 9.97 Å². The summed E-state index contributed by atoms with van der Waals surface area (Å²) in [6.07, 6.45) is 6.49. The Kier molecular flexibility index (Phi) is 7.29. The maximum Gasteiger partial charge on any atom is 0.227 e. The van der Waals surface area contributed by atoms with Gasteiger partial charge in [0.2, 0.25) is 5.91 Å². The number of hydrogen-bond donors (Lipinski definition) is 1. The normalized spacial score (nSPS) is 15.7. The van der Waals surface area contributed by atoms with E-state index >= 15 is 0 Å². The minimum Gasteiger partial charge on any atom is -0.382 e. The van der Waals surface area contributed by atoms with Crippen LogP contribution in [0.4, 0.5) is 5.82 Å². The number of aromatic nitrogens is 3. The summed E-state index contributed by atoms with van der Waals surface area (Å²) in [7, 11) is 0. The Morgan fingerprint density at radius 1 is 1.23 bits per heavy atom. The average Bonchev–Trinajstić information content (AvgIpc) is 3.55. The molecule has 0 spiro atoms. The Morgan fingerprint density at radius 3 is 2.83 bits per heavy atom. The van der Waals surface area contributed by atoms with Gasteiger partial charge in [-0.2, -0.15) is 0 Å². The molecule has 0 saturated carbocycles. The van der Waals surface area contributed by atoms with E-state index in [1.54, 1.807) is 11.3 Å². The number of nitrogens with two attached hydrogens (primary N) is 1. The number of imidazole rings is 1. The van der Waals surface area contributed by atoms with Crippen molar-refractivity contribution in [3.05, 3.63) is 53.0 Å². The summed E-state index contributed by atoms with van der Waals surface area (Å²) in [6.45, 7) is 5.26. The Bertz CT molecular complexity index is 1280. The zero-order chi connectivity index (χ0) is 24.2. The van der Waals surface area contributed by atoms with Gasteiger partial charge in [0, 0.05) is 30.0 Å². The van der Waals surface area contributed by atoms with E-state index in [2.05, 4.69) is 27.5 Å². The van der Waals surface area contributed by atoms with E-state index in [-0.39, 0.29) is 11.9 Å². The second-order valence-corrected chi connectivity index (χ2v) is 10.4.